The van der Waals surface area contributed by atoms with Crippen molar-refractivity contribution in [3.8, 4) is 23.1 Å². The molecule has 1 N–H and O–H groups in total. The summed E-state index contributed by atoms with van der Waals surface area (Å²) < 4.78 is 15.5. The average molecular weight is 441 g/mol. The molecule has 1 aromatic carbocycles. The first-order valence-corrected chi connectivity index (χ1v) is 10.1. The van der Waals surface area contributed by atoms with Crippen LogP contribution in [0.3, 0.4) is 0 Å². The molecule has 2 heterocycles. The normalized spacial score (nSPS) is 12.0. The molecule has 160 valence electrons. The number of hydrogen-bond acceptors (Lipinski definition) is 9. The van der Waals surface area contributed by atoms with E-state index in [0.717, 1.165) is 17.3 Å². The average Bonchev–Trinajstić information content (AvgIpc) is 3.22. The summed E-state index contributed by atoms with van der Waals surface area (Å²) in [6, 6.07) is 10.4. The fourth-order valence-corrected chi connectivity index (χ4v) is 3.10. The molecule has 0 saturated heterocycles. The largest absolute Gasteiger partial charge is 0.481 e. The minimum atomic E-state index is -1.33. The Morgan fingerprint density at radius 3 is 2.23 bits per heavy atom. The maximum atomic E-state index is 11.3. The fourth-order valence-electron chi connectivity index (χ4n) is 2.58. The molecular weight excluding hydrogens is 422 g/mol. The van der Waals surface area contributed by atoms with Gasteiger partial charge >= 0.3 is 6.09 Å². The summed E-state index contributed by atoms with van der Waals surface area (Å²) in [5, 5.41) is 13.3. The molecule has 0 aliphatic carbocycles. The molecule has 2 aromatic heterocycles. The summed E-state index contributed by atoms with van der Waals surface area (Å²) in [7, 11) is 2.95. The van der Waals surface area contributed by atoms with Crippen molar-refractivity contribution in [3.05, 3.63) is 47.9 Å². The summed E-state index contributed by atoms with van der Waals surface area (Å²) in [6.07, 6.45) is 0.391. The van der Waals surface area contributed by atoms with Crippen LogP contribution in [-0.2, 0) is 0 Å². The highest BCUT2D eigenvalue weighted by molar-refractivity contribution is 8.15. The Morgan fingerprint density at radius 2 is 1.74 bits per heavy atom. The van der Waals surface area contributed by atoms with E-state index in [1.54, 1.807) is 49.6 Å². The number of aromatic nitrogens is 3. The summed E-state index contributed by atoms with van der Waals surface area (Å²) >= 11 is 1.15. The van der Waals surface area contributed by atoms with E-state index in [2.05, 4.69) is 25.1 Å². The number of rotatable bonds is 6. The number of ether oxygens (including phenoxy) is 2. The zero-order valence-corrected chi connectivity index (χ0v) is 18.0. The summed E-state index contributed by atoms with van der Waals surface area (Å²) in [5.74, 6) is 1.52. The predicted octanol–water partition coefficient (Wildman–Crippen LogP) is 4.02. The van der Waals surface area contributed by atoms with Gasteiger partial charge in [-0.2, -0.15) is 15.0 Å². The monoisotopic (exact) mass is 441 g/mol. The Hall–Kier alpha value is -3.73. The lowest BCUT2D eigenvalue weighted by atomic mass is 10.1. The van der Waals surface area contributed by atoms with Gasteiger partial charge in [-0.15, -0.1) is 11.8 Å². The smallest absolute Gasteiger partial charge is 0.432 e. The van der Waals surface area contributed by atoms with E-state index in [0.29, 0.717) is 40.4 Å². The standard InChI is InChI=1S/C20H19N5O5S/c1-11-21-18(25-30-11)12-5-7-14(8-6-12)22-17(19(31-4)24-20(26)27)13-9-15(28-2)23-16(10-13)29-3/h5-10H,1-4H3,(H,26,27). The lowest BCUT2D eigenvalue weighted by molar-refractivity contribution is 0.206. The Labute approximate surface area is 182 Å². The highest BCUT2D eigenvalue weighted by Crippen LogP contribution is 2.25. The van der Waals surface area contributed by atoms with Gasteiger partial charge in [0.15, 0.2) is 0 Å². The van der Waals surface area contributed by atoms with Crippen molar-refractivity contribution in [3.63, 3.8) is 0 Å². The molecule has 11 heteroatoms. The van der Waals surface area contributed by atoms with Gasteiger partial charge in [0.05, 0.1) is 19.9 Å². The number of benzene rings is 1. The van der Waals surface area contributed by atoms with Crippen molar-refractivity contribution in [1.82, 2.24) is 15.1 Å². The number of thioether (sulfide) groups is 1. The molecule has 0 radical (unpaired) electrons. The number of amides is 1. The predicted molar refractivity (Wildman–Crippen MR) is 117 cm³/mol. The molecule has 0 atom stereocenters. The molecule has 3 rings (SSSR count). The third-order valence-corrected chi connectivity index (χ3v) is 4.63. The first-order valence-electron chi connectivity index (χ1n) is 8.89. The van der Waals surface area contributed by atoms with Gasteiger partial charge in [0, 0.05) is 30.2 Å². The number of carbonyl (C=O) groups is 1. The molecule has 0 bridgehead atoms. The van der Waals surface area contributed by atoms with Gasteiger partial charge in [-0.25, -0.2) is 9.79 Å². The molecule has 0 aliphatic heterocycles. The topological polar surface area (TPSA) is 132 Å². The van der Waals surface area contributed by atoms with Crippen LogP contribution in [0.15, 0.2) is 50.9 Å². The van der Waals surface area contributed by atoms with Gasteiger partial charge in [0.25, 0.3) is 0 Å². The molecule has 0 spiro atoms. The third-order valence-electron chi connectivity index (χ3n) is 3.96. The quantitative estimate of drug-likeness (QED) is 0.445. The number of nitrogens with zero attached hydrogens (tertiary/aromatic N) is 5. The van der Waals surface area contributed by atoms with E-state index in [4.69, 9.17) is 14.0 Å². The van der Waals surface area contributed by atoms with Crippen molar-refractivity contribution >= 4 is 34.3 Å². The van der Waals surface area contributed by atoms with Crippen LogP contribution in [0.25, 0.3) is 11.4 Å². The molecule has 31 heavy (non-hydrogen) atoms. The molecule has 1 amide bonds. The third kappa shape index (κ3) is 5.45. The molecule has 0 fully saturated rings. The van der Waals surface area contributed by atoms with Crippen LogP contribution in [0.5, 0.6) is 11.8 Å². The lowest BCUT2D eigenvalue weighted by Crippen LogP contribution is -2.14. The SMILES string of the molecule is COc1cc(C(=Nc2ccc(-c3noc(C)n3)cc2)C(=NC(=O)O)SC)cc(OC)n1. The van der Waals surface area contributed by atoms with Crippen LogP contribution in [-0.4, -0.2) is 57.6 Å². The first-order chi connectivity index (χ1) is 14.9. The Morgan fingerprint density at radius 1 is 1.10 bits per heavy atom. The Bertz CT molecular complexity index is 1120. The zero-order chi connectivity index (χ0) is 22.4. The Balaban J connectivity index is 2.10. The molecular formula is C20H19N5O5S. The second kappa shape index (κ2) is 9.85. The van der Waals surface area contributed by atoms with Crippen LogP contribution in [0.4, 0.5) is 10.5 Å². The second-order valence-corrected chi connectivity index (χ2v) is 6.78. The van der Waals surface area contributed by atoms with E-state index in [9.17, 15) is 9.90 Å². The van der Waals surface area contributed by atoms with E-state index in [1.807, 2.05) is 0 Å². The summed E-state index contributed by atoms with van der Waals surface area (Å²) in [5.41, 5.74) is 2.20. The minimum absolute atomic E-state index is 0.209. The number of hydrogen-bond donors (Lipinski definition) is 1. The molecule has 0 saturated carbocycles. The number of methoxy groups -OCH3 is 2. The van der Waals surface area contributed by atoms with Gasteiger partial charge in [-0.1, -0.05) is 5.16 Å². The second-order valence-electron chi connectivity index (χ2n) is 5.99. The van der Waals surface area contributed by atoms with E-state index in [1.165, 1.54) is 14.2 Å². The van der Waals surface area contributed by atoms with Crippen molar-refractivity contribution in [2.75, 3.05) is 20.5 Å². The van der Waals surface area contributed by atoms with Gasteiger partial charge in [-0.3, -0.25) is 0 Å². The molecule has 0 unspecified atom stereocenters. The maximum Gasteiger partial charge on any atom is 0.432 e. The van der Waals surface area contributed by atoms with Crippen LogP contribution < -0.4 is 9.47 Å². The summed E-state index contributed by atoms with van der Waals surface area (Å²) in [6.45, 7) is 1.71. The fraction of sp³-hybridized carbons (Fsp3) is 0.200. The Kier molecular flexibility index (Phi) is 6.98. The number of pyridine rings is 1. The van der Waals surface area contributed by atoms with Gasteiger partial charge in [-0.05, 0) is 30.5 Å². The first kappa shape index (κ1) is 22.0. The maximum absolute atomic E-state index is 11.3. The van der Waals surface area contributed by atoms with Crippen LogP contribution in [0.2, 0.25) is 0 Å². The lowest BCUT2D eigenvalue weighted by Gasteiger charge is -2.11. The van der Waals surface area contributed by atoms with Crippen molar-refractivity contribution in [1.29, 1.82) is 0 Å². The molecule has 3 aromatic rings. The summed E-state index contributed by atoms with van der Waals surface area (Å²) in [4.78, 5) is 28.0. The van der Waals surface area contributed by atoms with Gasteiger partial charge in [0.2, 0.25) is 23.5 Å². The van der Waals surface area contributed by atoms with Gasteiger partial charge in [0.1, 0.15) is 10.8 Å². The van der Waals surface area contributed by atoms with Crippen molar-refractivity contribution in [2.45, 2.75) is 6.92 Å². The van der Waals surface area contributed by atoms with Crippen molar-refractivity contribution in [2.24, 2.45) is 9.98 Å². The highest BCUT2D eigenvalue weighted by atomic mass is 32.2. The van der Waals surface area contributed by atoms with E-state index >= 15 is 0 Å². The number of aryl methyl sites for hydroxylation is 1. The van der Waals surface area contributed by atoms with Crippen LogP contribution >= 0.6 is 11.8 Å². The van der Waals surface area contributed by atoms with Crippen molar-refractivity contribution < 1.29 is 23.9 Å². The van der Waals surface area contributed by atoms with Crippen LogP contribution in [0.1, 0.15) is 11.5 Å². The zero-order valence-electron chi connectivity index (χ0n) is 17.2. The number of carboxylic acid groups (broad SMARTS) is 1. The number of aliphatic imine (C=N–C) groups is 2. The molecule has 10 nitrogen and oxygen atoms in total. The van der Waals surface area contributed by atoms with E-state index < -0.39 is 6.09 Å². The minimum Gasteiger partial charge on any atom is -0.481 e. The van der Waals surface area contributed by atoms with Crippen LogP contribution in [0, 0.1) is 6.92 Å². The highest BCUT2D eigenvalue weighted by Gasteiger charge is 2.17. The van der Waals surface area contributed by atoms with Gasteiger partial charge < -0.3 is 19.1 Å². The molecule has 0 aliphatic rings. The van der Waals surface area contributed by atoms with E-state index in [-0.39, 0.29) is 5.04 Å².